The molecule has 1 amide bonds. The number of alkyl halides is 2. The predicted octanol–water partition coefficient (Wildman–Crippen LogP) is 4.19. The molecule has 1 fully saturated rings. The highest BCUT2D eigenvalue weighted by Crippen LogP contribution is 2.36. The van der Waals surface area contributed by atoms with Gasteiger partial charge in [0.15, 0.2) is 0 Å². The Bertz CT molecular complexity index is 893. The van der Waals surface area contributed by atoms with Gasteiger partial charge in [-0.05, 0) is 38.7 Å². The van der Waals surface area contributed by atoms with Gasteiger partial charge < -0.3 is 14.2 Å². The number of likely N-dealkylation sites (tertiary alicyclic amines) is 1. The number of amides is 1. The van der Waals surface area contributed by atoms with Gasteiger partial charge in [0.05, 0.1) is 12.7 Å². The lowest BCUT2D eigenvalue weighted by atomic mass is 9.89. The lowest BCUT2D eigenvalue weighted by molar-refractivity contribution is -0.156. The van der Waals surface area contributed by atoms with E-state index in [2.05, 4.69) is 11.5 Å². The zero-order chi connectivity index (χ0) is 20.6. The molecule has 0 radical (unpaired) electrons. The summed E-state index contributed by atoms with van der Waals surface area (Å²) in [6.45, 7) is 5.27. The third-order valence-electron chi connectivity index (χ3n) is 5.84. The smallest absolute Gasteiger partial charge is 0.340 e. The number of ether oxygens (including phenoxy) is 1. The fraction of sp³-hybridized carbons (Fsp3) is 0.524. The number of nitrogens with zero attached hydrogens (tertiary/aromatic N) is 2. The second kappa shape index (κ2) is 7.53. The second-order valence-corrected chi connectivity index (χ2v) is 7.60. The minimum absolute atomic E-state index is 0.0581. The number of piperidine rings is 1. The van der Waals surface area contributed by atoms with Crippen LogP contribution in [0.1, 0.15) is 48.8 Å². The number of aromatic nitrogens is 1. The molecule has 1 atom stereocenters. The van der Waals surface area contributed by atoms with Gasteiger partial charge in [0.25, 0.3) is 5.91 Å². The lowest BCUT2D eigenvalue weighted by Gasteiger charge is -2.37. The first-order valence-corrected chi connectivity index (χ1v) is 9.51. The largest absolute Gasteiger partial charge is 0.465 e. The van der Waals surface area contributed by atoms with E-state index in [1.54, 1.807) is 0 Å². The van der Waals surface area contributed by atoms with Gasteiger partial charge in [-0.25, -0.2) is 4.79 Å². The minimum Gasteiger partial charge on any atom is -0.465 e. The minimum atomic E-state index is -3.33. The van der Waals surface area contributed by atoms with Gasteiger partial charge in [-0.2, -0.15) is 8.78 Å². The number of methoxy groups -OCH3 is 1. The van der Waals surface area contributed by atoms with Crippen LogP contribution in [0.5, 0.6) is 0 Å². The number of esters is 1. The number of para-hydroxylation sites is 1. The standard InChI is InChI=1S/C21H26F2N2O3/c1-13(15-9-11-24(12-10-15)20(27)21(3,22)23)25-14(2)18(19(26)28-4)16-7-5-6-8-17(16)25/h5-8,13,15H,9-12H2,1-4H3. The van der Waals surface area contributed by atoms with Gasteiger partial charge in [0.2, 0.25) is 0 Å². The van der Waals surface area contributed by atoms with E-state index in [0.29, 0.717) is 38.4 Å². The molecule has 0 saturated carbocycles. The molecule has 1 aliphatic rings. The molecule has 5 nitrogen and oxygen atoms in total. The molecular formula is C21H26F2N2O3. The molecule has 1 aromatic heterocycles. The third kappa shape index (κ3) is 3.50. The zero-order valence-corrected chi connectivity index (χ0v) is 16.7. The molecular weight excluding hydrogens is 366 g/mol. The Hall–Kier alpha value is -2.44. The van der Waals surface area contributed by atoms with Gasteiger partial charge in [-0.1, -0.05) is 18.2 Å². The average molecular weight is 392 g/mol. The van der Waals surface area contributed by atoms with Gasteiger partial charge in [-0.15, -0.1) is 0 Å². The van der Waals surface area contributed by atoms with Crippen LogP contribution >= 0.6 is 0 Å². The molecule has 3 rings (SSSR count). The van der Waals surface area contributed by atoms with Crippen LogP contribution in [0.3, 0.4) is 0 Å². The molecule has 2 heterocycles. The Labute approximate surface area is 163 Å². The summed E-state index contributed by atoms with van der Waals surface area (Å²) in [5.74, 6) is -4.59. The van der Waals surface area contributed by atoms with Gasteiger partial charge in [0.1, 0.15) is 0 Å². The van der Waals surface area contributed by atoms with E-state index in [9.17, 15) is 18.4 Å². The zero-order valence-electron chi connectivity index (χ0n) is 16.7. The van der Waals surface area contributed by atoms with Crippen LogP contribution in [-0.4, -0.2) is 47.5 Å². The quantitative estimate of drug-likeness (QED) is 0.733. The first kappa shape index (κ1) is 20.3. The summed E-state index contributed by atoms with van der Waals surface area (Å²) in [7, 11) is 1.37. The summed E-state index contributed by atoms with van der Waals surface area (Å²) in [6.07, 6.45) is 1.28. The van der Waals surface area contributed by atoms with Crippen LogP contribution in [0.15, 0.2) is 24.3 Å². The number of hydrogen-bond donors (Lipinski definition) is 0. The monoisotopic (exact) mass is 392 g/mol. The van der Waals surface area contributed by atoms with Crippen molar-refractivity contribution in [3.63, 3.8) is 0 Å². The molecule has 1 saturated heterocycles. The maximum atomic E-state index is 13.3. The van der Waals surface area contributed by atoms with Crippen molar-refractivity contribution < 1.29 is 23.1 Å². The molecule has 0 bridgehead atoms. The number of halogens is 2. The van der Waals surface area contributed by atoms with E-state index in [1.165, 1.54) is 12.0 Å². The highest BCUT2D eigenvalue weighted by Gasteiger charge is 2.39. The van der Waals surface area contributed by atoms with Crippen molar-refractivity contribution in [1.82, 2.24) is 9.47 Å². The second-order valence-electron chi connectivity index (χ2n) is 7.60. The van der Waals surface area contributed by atoms with E-state index in [-0.39, 0.29) is 17.9 Å². The molecule has 0 aliphatic carbocycles. The number of rotatable bonds is 4. The highest BCUT2D eigenvalue weighted by molar-refractivity contribution is 6.05. The van der Waals surface area contributed by atoms with Gasteiger partial charge in [-0.3, -0.25) is 4.79 Å². The SMILES string of the molecule is COC(=O)c1c(C)n(C(C)C2CCN(C(=O)C(C)(F)F)CC2)c2ccccc12. The number of fused-ring (bicyclic) bond motifs is 1. The van der Waals surface area contributed by atoms with Crippen LogP contribution in [0.25, 0.3) is 10.9 Å². The summed E-state index contributed by atoms with van der Waals surface area (Å²) in [6, 6.07) is 7.75. The Morgan fingerprint density at radius 3 is 2.39 bits per heavy atom. The highest BCUT2D eigenvalue weighted by atomic mass is 19.3. The first-order chi connectivity index (χ1) is 13.2. The predicted molar refractivity (Wildman–Crippen MR) is 103 cm³/mol. The molecule has 1 unspecified atom stereocenters. The topological polar surface area (TPSA) is 51.5 Å². The number of carbonyl (C=O) groups is 2. The summed E-state index contributed by atoms with van der Waals surface area (Å²) in [4.78, 5) is 25.4. The Morgan fingerprint density at radius 1 is 1.21 bits per heavy atom. The maximum Gasteiger partial charge on any atom is 0.340 e. The van der Waals surface area contributed by atoms with Crippen LogP contribution in [0, 0.1) is 12.8 Å². The molecule has 1 aromatic carbocycles. The van der Waals surface area contributed by atoms with Crippen molar-refractivity contribution in [3.05, 3.63) is 35.5 Å². The summed E-state index contributed by atoms with van der Waals surface area (Å²) in [5, 5.41) is 0.844. The van der Waals surface area contributed by atoms with Crippen LogP contribution < -0.4 is 0 Å². The summed E-state index contributed by atoms with van der Waals surface area (Å²) < 4.78 is 33.7. The van der Waals surface area contributed by atoms with Crippen LogP contribution in [0.4, 0.5) is 8.78 Å². The van der Waals surface area contributed by atoms with Crippen molar-refractivity contribution >= 4 is 22.8 Å². The van der Waals surface area contributed by atoms with E-state index in [4.69, 9.17) is 4.74 Å². The molecule has 152 valence electrons. The van der Waals surface area contributed by atoms with Gasteiger partial charge >= 0.3 is 11.9 Å². The normalized spacial score (nSPS) is 17.0. The molecule has 0 spiro atoms. The fourth-order valence-corrected chi connectivity index (χ4v) is 4.35. The Kier molecular flexibility index (Phi) is 5.46. The lowest BCUT2D eigenvalue weighted by Crippen LogP contribution is -2.46. The number of carbonyl (C=O) groups excluding carboxylic acids is 2. The van der Waals surface area contributed by atoms with Crippen molar-refractivity contribution in [2.45, 2.75) is 45.6 Å². The summed E-state index contributed by atoms with van der Waals surface area (Å²) in [5.41, 5.74) is 2.34. The fourth-order valence-electron chi connectivity index (χ4n) is 4.35. The average Bonchev–Trinajstić information content (AvgIpc) is 2.97. The van der Waals surface area contributed by atoms with E-state index in [1.807, 2.05) is 31.2 Å². The Balaban J connectivity index is 1.87. The van der Waals surface area contributed by atoms with E-state index < -0.39 is 11.8 Å². The van der Waals surface area contributed by atoms with Crippen molar-refractivity contribution in [1.29, 1.82) is 0 Å². The van der Waals surface area contributed by atoms with Crippen molar-refractivity contribution in [2.24, 2.45) is 5.92 Å². The van der Waals surface area contributed by atoms with Gasteiger partial charge in [0, 0.05) is 42.7 Å². The van der Waals surface area contributed by atoms with E-state index in [0.717, 1.165) is 16.6 Å². The molecule has 7 heteroatoms. The third-order valence-corrected chi connectivity index (χ3v) is 5.84. The Morgan fingerprint density at radius 2 is 1.82 bits per heavy atom. The number of hydrogen-bond acceptors (Lipinski definition) is 3. The molecule has 2 aromatic rings. The maximum absolute atomic E-state index is 13.3. The van der Waals surface area contributed by atoms with E-state index >= 15 is 0 Å². The summed E-state index contributed by atoms with van der Waals surface area (Å²) >= 11 is 0. The van der Waals surface area contributed by atoms with Crippen LogP contribution in [-0.2, 0) is 9.53 Å². The van der Waals surface area contributed by atoms with Crippen LogP contribution in [0.2, 0.25) is 0 Å². The first-order valence-electron chi connectivity index (χ1n) is 9.51. The molecule has 28 heavy (non-hydrogen) atoms. The molecule has 1 aliphatic heterocycles. The molecule has 0 N–H and O–H groups in total. The van der Waals surface area contributed by atoms with Crippen molar-refractivity contribution in [3.8, 4) is 0 Å². The van der Waals surface area contributed by atoms with Crippen molar-refractivity contribution in [2.75, 3.05) is 20.2 Å². The number of benzene rings is 1.